The van der Waals surface area contributed by atoms with E-state index in [-0.39, 0.29) is 23.6 Å². The first-order valence-corrected chi connectivity index (χ1v) is 14.1. The summed E-state index contributed by atoms with van der Waals surface area (Å²) < 4.78 is 0. The van der Waals surface area contributed by atoms with Gasteiger partial charge in [-0.05, 0) is 47.2 Å². The van der Waals surface area contributed by atoms with Crippen LogP contribution in [0, 0.1) is 0 Å². The van der Waals surface area contributed by atoms with Gasteiger partial charge in [0.25, 0.3) is 11.8 Å². The normalized spacial score (nSPS) is 21.5. The van der Waals surface area contributed by atoms with Crippen molar-refractivity contribution in [2.45, 2.75) is 43.9 Å². The molecule has 0 aromatic heterocycles. The molecule has 8 heteroatoms. The first-order valence-electron chi connectivity index (χ1n) is 13.3. The quantitative estimate of drug-likeness (QED) is 0.266. The van der Waals surface area contributed by atoms with E-state index in [1.165, 1.54) is 9.80 Å². The molecule has 4 aliphatic rings. The van der Waals surface area contributed by atoms with Gasteiger partial charge in [-0.15, -0.1) is 0 Å². The molecule has 2 atom stereocenters. The molecule has 4 bridgehead atoms. The van der Waals surface area contributed by atoms with Crippen molar-refractivity contribution in [3.8, 4) is 0 Å². The molecule has 2 saturated heterocycles. The summed E-state index contributed by atoms with van der Waals surface area (Å²) in [4.78, 5) is 56.0. The lowest BCUT2D eigenvalue weighted by Gasteiger charge is -2.36. The van der Waals surface area contributed by atoms with Crippen LogP contribution in [0.25, 0.3) is 12.2 Å². The highest BCUT2D eigenvalue weighted by atomic mass is 32.1. The Hall–Kier alpha value is -3.62. The average molecular weight is 555 g/mol. The SMILES string of the molecule is O=C1C2=Cc3ccccc3C(C(=O)N1CCCCCCCN1C(=O)C3=Cc4ccccc4C(C1=O)C3=S)C2=S. The van der Waals surface area contributed by atoms with Crippen molar-refractivity contribution in [3.63, 3.8) is 0 Å². The highest BCUT2D eigenvalue weighted by Crippen LogP contribution is 2.39. The minimum atomic E-state index is -0.567. The second-order valence-electron chi connectivity index (χ2n) is 10.3. The second-order valence-corrected chi connectivity index (χ2v) is 11.2. The molecular weight excluding hydrogens is 528 g/mol. The Morgan fingerprint density at radius 2 is 0.949 bits per heavy atom. The first kappa shape index (κ1) is 25.6. The van der Waals surface area contributed by atoms with Crippen molar-refractivity contribution in [1.29, 1.82) is 0 Å². The summed E-state index contributed by atoms with van der Waals surface area (Å²) in [6.07, 6.45) is 7.50. The number of benzene rings is 2. The molecule has 196 valence electrons. The Balaban J connectivity index is 1.00. The zero-order valence-electron chi connectivity index (χ0n) is 21.2. The van der Waals surface area contributed by atoms with Gasteiger partial charge in [-0.3, -0.25) is 29.0 Å². The van der Waals surface area contributed by atoms with E-state index >= 15 is 0 Å². The minimum absolute atomic E-state index is 0.240. The summed E-state index contributed by atoms with van der Waals surface area (Å²) in [5, 5.41) is 0. The van der Waals surface area contributed by atoms with Crippen LogP contribution < -0.4 is 0 Å². The van der Waals surface area contributed by atoms with E-state index in [9.17, 15) is 19.2 Å². The maximum atomic E-state index is 13.2. The molecule has 2 aliphatic carbocycles. The number of carbonyl (C=O) groups excluding carboxylic acids is 4. The van der Waals surface area contributed by atoms with Crippen LogP contribution in [0.15, 0.2) is 59.7 Å². The van der Waals surface area contributed by atoms with Crippen LogP contribution in [-0.2, 0) is 19.2 Å². The van der Waals surface area contributed by atoms with Gasteiger partial charge in [-0.1, -0.05) is 92.2 Å². The largest absolute Gasteiger partial charge is 0.278 e. The number of hydrogen-bond donors (Lipinski definition) is 0. The van der Waals surface area contributed by atoms with Crippen LogP contribution in [0.5, 0.6) is 0 Å². The summed E-state index contributed by atoms with van der Waals surface area (Å²) in [6.45, 7) is 0.706. The van der Waals surface area contributed by atoms with Crippen LogP contribution in [0.3, 0.4) is 0 Å². The Morgan fingerprint density at radius 3 is 1.38 bits per heavy atom. The number of hydrogen-bond acceptors (Lipinski definition) is 6. The Morgan fingerprint density at radius 1 is 0.564 bits per heavy atom. The minimum Gasteiger partial charge on any atom is -0.278 e. The second kappa shape index (κ2) is 10.2. The third-order valence-electron chi connectivity index (χ3n) is 8.01. The van der Waals surface area contributed by atoms with Gasteiger partial charge in [-0.2, -0.15) is 0 Å². The average Bonchev–Trinajstić information content (AvgIpc) is 2.93. The standard InChI is InChI=1S/C31H26N2O4S2/c34-28-22-16-18-10-4-6-12-20(18)24(26(22)38)30(36)32(28)14-8-2-1-3-9-15-33-29(35)23-17-19-11-5-7-13-21(19)25(27(23)39)31(33)37/h4-7,10-13,16-17,24-25H,1-3,8-9,14-15H2. The third kappa shape index (κ3) is 4.22. The highest BCUT2D eigenvalue weighted by Gasteiger charge is 2.46. The highest BCUT2D eigenvalue weighted by molar-refractivity contribution is 7.81. The molecule has 2 aromatic rings. The molecule has 0 N–H and O–H groups in total. The van der Waals surface area contributed by atoms with E-state index in [1.807, 2.05) is 48.5 Å². The van der Waals surface area contributed by atoms with Gasteiger partial charge in [0, 0.05) is 22.8 Å². The molecule has 0 saturated carbocycles. The molecular formula is C31H26N2O4S2. The number of amides is 4. The molecule has 4 amide bonds. The van der Waals surface area contributed by atoms with E-state index in [0.29, 0.717) is 46.8 Å². The van der Waals surface area contributed by atoms with Gasteiger partial charge >= 0.3 is 0 Å². The van der Waals surface area contributed by atoms with Crippen LogP contribution in [-0.4, -0.2) is 56.2 Å². The third-order valence-corrected chi connectivity index (χ3v) is 8.92. The summed E-state index contributed by atoms with van der Waals surface area (Å²) in [6, 6.07) is 15.2. The van der Waals surface area contributed by atoms with Crippen molar-refractivity contribution < 1.29 is 19.2 Å². The number of rotatable bonds is 8. The van der Waals surface area contributed by atoms with E-state index in [4.69, 9.17) is 24.4 Å². The monoisotopic (exact) mass is 554 g/mol. The zero-order valence-corrected chi connectivity index (χ0v) is 22.9. The number of fused-ring (bicyclic) bond motifs is 8. The van der Waals surface area contributed by atoms with Crippen molar-refractivity contribution in [3.05, 3.63) is 81.9 Å². The molecule has 6 rings (SSSR count). The smallest absolute Gasteiger partial charge is 0.261 e. The first-order chi connectivity index (χ1) is 18.9. The lowest BCUT2D eigenvalue weighted by atomic mass is 9.79. The summed E-state index contributed by atoms with van der Waals surface area (Å²) >= 11 is 11.0. The van der Waals surface area contributed by atoms with Gasteiger partial charge < -0.3 is 0 Å². The Kier molecular flexibility index (Phi) is 6.69. The predicted octanol–water partition coefficient (Wildman–Crippen LogP) is 4.78. The van der Waals surface area contributed by atoms with Crippen LogP contribution in [0.4, 0.5) is 0 Å². The van der Waals surface area contributed by atoms with Gasteiger partial charge in [0.1, 0.15) is 11.8 Å². The lowest BCUT2D eigenvalue weighted by Crippen LogP contribution is -2.50. The van der Waals surface area contributed by atoms with E-state index < -0.39 is 11.8 Å². The number of thiocarbonyl (C=S) groups is 2. The maximum Gasteiger partial charge on any atom is 0.261 e. The molecule has 2 heterocycles. The molecule has 2 fully saturated rings. The molecule has 2 unspecified atom stereocenters. The maximum absolute atomic E-state index is 13.2. The molecule has 0 spiro atoms. The zero-order chi connectivity index (χ0) is 27.3. The van der Waals surface area contributed by atoms with E-state index in [1.54, 1.807) is 12.2 Å². The van der Waals surface area contributed by atoms with Crippen molar-refractivity contribution in [2.24, 2.45) is 0 Å². The fourth-order valence-corrected chi connectivity index (χ4v) is 6.73. The number of nitrogens with zero attached hydrogens (tertiary/aromatic N) is 2. The van der Waals surface area contributed by atoms with Crippen molar-refractivity contribution in [2.75, 3.05) is 13.1 Å². The summed E-state index contributed by atoms with van der Waals surface area (Å²) in [5.41, 5.74) is 4.38. The molecule has 2 aliphatic heterocycles. The van der Waals surface area contributed by atoms with Crippen LogP contribution in [0.1, 0.15) is 66.2 Å². The fourth-order valence-electron chi connectivity index (χ4n) is 5.98. The van der Waals surface area contributed by atoms with Gasteiger partial charge in [0.15, 0.2) is 0 Å². The van der Waals surface area contributed by atoms with Crippen LogP contribution >= 0.6 is 24.4 Å². The van der Waals surface area contributed by atoms with Gasteiger partial charge in [0.05, 0.1) is 11.1 Å². The van der Waals surface area contributed by atoms with Gasteiger partial charge in [-0.25, -0.2) is 0 Å². The summed E-state index contributed by atoms with van der Waals surface area (Å²) in [7, 11) is 0. The molecule has 2 aromatic carbocycles. The number of likely N-dealkylation sites (tertiary alicyclic amines) is 2. The van der Waals surface area contributed by atoms with Crippen LogP contribution in [0.2, 0.25) is 0 Å². The fraction of sp³-hybridized carbons (Fsp3) is 0.290. The van der Waals surface area contributed by atoms with Crippen molar-refractivity contribution >= 4 is 69.9 Å². The summed E-state index contributed by atoms with van der Waals surface area (Å²) in [5.74, 6) is -2.23. The lowest BCUT2D eigenvalue weighted by molar-refractivity contribution is -0.144. The molecule has 6 nitrogen and oxygen atoms in total. The molecule has 39 heavy (non-hydrogen) atoms. The number of carbonyl (C=O) groups is 4. The number of unbranched alkanes of at least 4 members (excludes halogenated alkanes) is 4. The Bertz CT molecular complexity index is 1420. The van der Waals surface area contributed by atoms with Crippen molar-refractivity contribution in [1.82, 2.24) is 9.80 Å². The number of imide groups is 2. The Labute approximate surface area is 237 Å². The molecule has 0 radical (unpaired) electrons. The topological polar surface area (TPSA) is 74.8 Å². The van der Waals surface area contributed by atoms with E-state index in [0.717, 1.165) is 41.5 Å². The van der Waals surface area contributed by atoms with Gasteiger partial charge in [0.2, 0.25) is 11.8 Å². The predicted molar refractivity (Wildman–Crippen MR) is 156 cm³/mol. The van der Waals surface area contributed by atoms with E-state index in [2.05, 4.69) is 0 Å². The number of piperidine rings is 2.